The number of nitrogen functional groups attached to an aromatic ring is 1. The minimum absolute atomic E-state index is 0.0499. The molecule has 0 atom stereocenters. The third-order valence-corrected chi connectivity index (χ3v) is 4.90. The fraction of sp³-hybridized carbons (Fsp3) is 0.385. The van der Waals surface area contributed by atoms with Crippen molar-refractivity contribution in [1.82, 2.24) is 4.31 Å². The molecule has 0 bridgehead atoms. The normalized spacial score (nSPS) is 11.0. The molecule has 0 heterocycles. The van der Waals surface area contributed by atoms with Gasteiger partial charge < -0.3 is 5.73 Å². The van der Waals surface area contributed by atoms with Gasteiger partial charge >= 0.3 is 0 Å². The molecule has 1 aromatic carbocycles. The van der Waals surface area contributed by atoms with Crippen LogP contribution in [-0.2, 0) is 10.0 Å². The molecule has 0 aromatic heterocycles. The van der Waals surface area contributed by atoms with Crippen LogP contribution in [0.2, 0.25) is 0 Å². The quantitative estimate of drug-likeness (QED) is 0.796. The average Bonchev–Trinajstić information content (AvgIpc) is 2.38. The Morgan fingerprint density at radius 2 is 1.75 bits per heavy atom. The number of hydrogen-bond donors (Lipinski definition) is 1. The van der Waals surface area contributed by atoms with Crippen LogP contribution in [0.1, 0.15) is 18.4 Å². The number of anilines is 1. The highest BCUT2D eigenvalue weighted by molar-refractivity contribution is 7.89. The Hall–Kier alpha value is -2.09. The molecular formula is C13H16N4O2S. The van der Waals surface area contributed by atoms with Crippen molar-refractivity contribution >= 4 is 15.7 Å². The lowest BCUT2D eigenvalue weighted by molar-refractivity contribution is 0.425. The minimum Gasteiger partial charge on any atom is -0.398 e. The summed E-state index contributed by atoms with van der Waals surface area (Å²) in [5, 5.41) is 17.2. The first-order valence-electron chi connectivity index (χ1n) is 6.04. The van der Waals surface area contributed by atoms with Crippen LogP contribution < -0.4 is 5.73 Å². The number of aryl methyl sites for hydroxylation is 1. The van der Waals surface area contributed by atoms with E-state index in [4.69, 9.17) is 16.3 Å². The van der Waals surface area contributed by atoms with Crippen molar-refractivity contribution in [2.45, 2.75) is 24.7 Å². The Morgan fingerprint density at radius 3 is 2.20 bits per heavy atom. The van der Waals surface area contributed by atoms with Gasteiger partial charge in [-0.25, -0.2) is 8.42 Å². The number of hydrogen-bond acceptors (Lipinski definition) is 5. The molecule has 0 unspecified atom stereocenters. The summed E-state index contributed by atoms with van der Waals surface area (Å²) in [7, 11) is -3.80. The first kappa shape index (κ1) is 16.0. The predicted octanol–water partition coefficient (Wildman–Crippen LogP) is 1.40. The van der Waals surface area contributed by atoms with E-state index in [2.05, 4.69) is 0 Å². The molecule has 0 radical (unpaired) electrons. The number of nitrogens with two attached hydrogens (primary N) is 1. The van der Waals surface area contributed by atoms with Crippen molar-refractivity contribution in [3.05, 3.63) is 23.8 Å². The molecule has 0 amide bonds. The zero-order valence-electron chi connectivity index (χ0n) is 11.2. The molecule has 0 aliphatic heterocycles. The van der Waals surface area contributed by atoms with Gasteiger partial charge in [0.2, 0.25) is 10.0 Å². The van der Waals surface area contributed by atoms with Gasteiger partial charge in [0.15, 0.2) is 0 Å². The van der Waals surface area contributed by atoms with E-state index in [9.17, 15) is 8.42 Å². The van der Waals surface area contributed by atoms with Gasteiger partial charge in [-0.05, 0) is 18.6 Å². The summed E-state index contributed by atoms with van der Waals surface area (Å²) in [4.78, 5) is 0.0517. The first-order valence-corrected chi connectivity index (χ1v) is 7.48. The molecule has 0 saturated carbocycles. The van der Waals surface area contributed by atoms with Crippen molar-refractivity contribution in [2.24, 2.45) is 0 Å². The largest absolute Gasteiger partial charge is 0.398 e. The SMILES string of the molecule is Cc1cccc(N)c1S(=O)(=O)N(CCC#N)CCC#N. The molecule has 1 aromatic rings. The number of benzene rings is 1. The van der Waals surface area contributed by atoms with Crippen molar-refractivity contribution in [3.8, 4) is 12.1 Å². The van der Waals surface area contributed by atoms with E-state index in [0.717, 1.165) is 4.31 Å². The molecule has 106 valence electrons. The van der Waals surface area contributed by atoms with Crippen LogP contribution in [0.5, 0.6) is 0 Å². The van der Waals surface area contributed by atoms with Crippen molar-refractivity contribution in [2.75, 3.05) is 18.8 Å². The highest BCUT2D eigenvalue weighted by Crippen LogP contribution is 2.26. The van der Waals surface area contributed by atoms with Gasteiger partial charge in [0.25, 0.3) is 0 Å². The molecule has 0 aliphatic rings. The third kappa shape index (κ3) is 3.47. The maximum atomic E-state index is 12.6. The number of nitriles is 2. The molecule has 0 spiro atoms. The Kier molecular flexibility index (Phi) is 5.51. The standard InChI is InChI=1S/C13H16N4O2S/c1-11-5-2-6-12(16)13(11)20(18,19)17(9-3-7-14)10-4-8-15/h2,5-6H,3-4,9-10,16H2,1H3. The second-order valence-corrected chi connectivity index (χ2v) is 6.09. The predicted molar refractivity (Wildman–Crippen MR) is 74.8 cm³/mol. The van der Waals surface area contributed by atoms with Crippen LogP contribution in [0, 0.1) is 29.6 Å². The zero-order chi connectivity index (χ0) is 15.2. The summed E-state index contributed by atoms with van der Waals surface area (Å²) >= 11 is 0. The Morgan fingerprint density at radius 1 is 1.20 bits per heavy atom. The minimum atomic E-state index is -3.80. The second kappa shape index (κ2) is 6.90. The lowest BCUT2D eigenvalue weighted by atomic mass is 10.2. The smallest absolute Gasteiger partial charge is 0.245 e. The number of sulfonamides is 1. The second-order valence-electron chi connectivity index (χ2n) is 4.21. The van der Waals surface area contributed by atoms with Crippen molar-refractivity contribution in [3.63, 3.8) is 0 Å². The Bertz CT molecular complexity index is 618. The van der Waals surface area contributed by atoms with Crippen LogP contribution in [0.15, 0.2) is 23.1 Å². The van der Waals surface area contributed by atoms with Gasteiger partial charge in [-0.1, -0.05) is 12.1 Å². The first-order chi connectivity index (χ1) is 9.45. The van der Waals surface area contributed by atoms with Crippen LogP contribution in [0.3, 0.4) is 0 Å². The van der Waals surface area contributed by atoms with E-state index in [1.807, 2.05) is 12.1 Å². The highest BCUT2D eigenvalue weighted by atomic mass is 32.2. The molecule has 1 rings (SSSR count). The molecule has 0 aliphatic carbocycles. The van der Waals surface area contributed by atoms with E-state index in [1.54, 1.807) is 19.1 Å². The van der Waals surface area contributed by atoms with E-state index in [1.165, 1.54) is 6.07 Å². The van der Waals surface area contributed by atoms with Gasteiger partial charge in [-0.3, -0.25) is 0 Å². The summed E-state index contributed by atoms with van der Waals surface area (Å²) < 4.78 is 26.4. The van der Waals surface area contributed by atoms with Gasteiger partial charge in [0.05, 0.1) is 17.8 Å². The lowest BCUT2D eigenvalue weighted by Crippen LogP contribution is -2.33. The summed E-state index contributed by atoms with van der Waals surface area (Å²) in [6, 6.07) is 8.68. The molecule has 20 heavy (non-hydrogen) atoms. The van der Waals surface area contributed by atoms with Crippen LogP contribution in [-0.4, -0.2) is 25.8 Å². The molecule has 6 nitrogen and oxygen atoms in total. The van der Waals surface area contributed by atoms with E-state index in [0.29, 0.717) is 5.56 Å². The molecule has 7 heteroatoms. The fourth-order valence-electron chi connectivity index (χ4n) is 1.86. The monoisotopic (exact) mass is 292 g/mol. The molecular weight excluding hydrogens is 276 g/mol. The topological polar surface area (TPSA) is 111 Å². The maximum Gasteiger partial charge on any atom is 0.245 e. The van der Waals surface area contributed by atoms with Crippen LogP contribution >= 0.6 is 0 Å². The Balaban J connectivity index is 3.23. The Labute approximate surface area is 119 Å². The van der Waals surface area contributed by atoms with E-state index < -0.39 is 10.0 Å². The third-order valence-electron chi connectivity index (χ3n) is 2.79. The summed E-state index contributed by atoms with van der Waals surface area (Å²) in [6.07, 6.45) is 0.132. The van der Waals surface area contributed by atoms with Gasteiger partial charge in [-0.2, -0.15) is 14.8 Å². The average molecular weight is 292 g/mol. The summed E-state index contributed by atoms with van der Waals surface area (Å²) in [6.45, 7) is 1.76. The number of rotatable bonds is 6. The summed E-state index contributed by atoms with van der Waals surface area (Å²) in [5.41, 5.74) is 6.48. The van der Waals surface area contributed by atoms with Crippen LogP contribution in [0.4, 0.5) is 5.69 Å². The van der Waals surface area contributed by atoms with Gasteiger partial charge in [0.1, 0.15) is 4.90 Å². The van der Waals surface area contributed by atoms with Gasteiger partial charge in [-0.15, -0.1) is 0 Å². The maximum absolute atomic E-state index is 12.6. The lowest BCUT2D eigenvalue weighted by Gasteiger charge is -2.22. The fourth-order valence-corrected chi connectivity index (χ4v) is 3.62. The van der Waals surface area contributed by atoms with E-state index >= 15 is 0 Å². The van der Waals surface area contributed by atoms with Crippen LogP contribution in [0.25, 0.3) is 0 Å². The molecule has 2 N–H and O–H groups in total. The molecule has 0 fully saturated rings. The van der Waals surface area contributed by atoms with Crippen molar-refractivity contribution < 1.29 is 8.42 Å². The number of nitrogens with zero attached hydrogens (tertiary/aromatic N) is 3. The zero-order valence-corrected chi connectivity index (χ0v) is 12.0. The highest BCUT2D eigenvalue weighted by Gasteiger charge is 2.27. The molecule has 0 saturated heterocycles. The van der Waals surface area contributed by atoms with E-state index in [-0.39, 0.29) is 36.5 Å². The van der Waals surface area contributed by atoms with Crippen molar-refractivity contribution in [1.29, 1.82) is 10.5 Å². The summed E-state index contributed by atoms with van der Waals surface area (Å²) in [5.74, 6) is 0. The van der Waals surface area contributed by atoms with Gasteiger partial charge in [0, 0.05) is 25.9 Å².